The van der Waals surface area contributed by atoms with Crippen molar-refractivity contribution in [3.05, 3.63) is 65.2 Å². The Kier molecular flexibility index (Phi) is 4.97. The van der Waals surface area contributed by atoms with Gasteiger partial charge in [0, 0.05) is 33.4 Å². The van der Waals surface area contributed by atoms with Gasteiger partial charge in [0.2, 0.25) is 5.91 Å². The molecular weight excluding hydrogens is 380 g/mol. The molecule has 1 spiro atoms. The van der Waals surface area contributed by atoms with Crippen LogP contribution in [0.5, 0.6) is 0 Å². The molecule has 0 aromatic heterocycles. The van der Waals surface area contributed by atoms with E-state index in [4.69, 9.17) is 0 Å². The van der Waals surface area contributed by atoms with Gasteiger partial charge in [0.15, 0.2) is 0 Å². The molecule has 1 aliphatic carbocycles. The van der Waals surface area contributed by atoms with Crippen LogP contribution in [0.2, 0.25) is 0 Å². The Morgan fingerprint density at radius 3 is 2.47 bits per heavy atom. The van der Waals surface area contributed by atoms with Gasteiger partial charge in [-0.15, -0.1) is 0 Å². The number of hydrogen-bond donors (Lipinski definition) is 1. The first-order valence-electron chi connectivity index (χ1n) is 10.0. The van der Waals surface area contributed by atoms with E-state index >= 15 is 0 Å². The number of rotatable bonds is 5. The van der Waals surface area contributed by atoms with E-state index < -0.39 is 11.6 Å². The molecule has 4 rings (SSSR count). The van der Waals surface area contributed by atoms with Gasteiger partial charge >= 0.3 is 6.03 Å². The molecule has 156 valence electrons. The molecule has 2 aliphatic rings. The molecule has 30 heavy (non-hydrogen) atoms. The highest BCUT2D eigenvalue weighted by Gasteiger charge is 2.55. The lowest BCUT2D eigenvalue weighted by atomic mass is 9.92. The zero-order chi connectivity index (χ0) is 21.5. The summed E-state index contributed by atoms with van der Waals surface area (Å²) >= 11 is 0. The number of urea groups is 1. The monoisotopic (exact) mass is 406 g/mol. The molecule has 1 N–H and O–H groups in total. The summed E-state index contributed by atoms with van der Waals surface area (Å²) < 4.78 is 0. The van der Waals surface area contributed by atoms with E-state index in [0.29, 0.717) is 13.0 Å². The summed E-state index contributed by atoms with van der Waals surface area (Å²) in [5.74, 6) is -0.618. The van der Waals surface area contributed by atoms with Crippen LogP contribution in [0.15, 0.2) is 48.5 Å². The number of hydrogen-bond acceptors (Lipinski definition) is 4. The first kappa shape index (κ1) is 19.9. The van der Waals surface area contributed by atoms with Crippen molar-refractivity contribution in [2.24, 2.45) is 0 Å². The van der Waals surface area contributed by atoms with E-state index in [-0.39, 0.29) is 18.4 Å². The summed E-state index contributed by atoms with van der Waals surface area (Å²) in [7, 11) is 5.62. The number of imide groups is 1. The van der Waals surface area contributed by atoms with Crippen LogP contribution in [0.25, 0.3) is 0 Å². The normalized spacial score (nSPS) is 19.8. The SMILES string of the molecule is CN(Cc1ccc(N(C)C)cc1)C(=O)CN1C(=O)N[C@]2(CCc3ccccc32)C1=O. The minimum absolute atomic E-state index is 0.263. The minimum atomic E-state index is -1.03. The first-order chi connectivity index (χ1) is 14.3. The smallest absolute Gasteiger partial charge is 0.325 e. The van der Waals surface area contributed by atoms with Crippen molar-refractivity contribution < 1.29 is 14.4 Å². The van der Waals surface area contributed by atoms with Gasteiger partial charge in [0.1, 0.15) is 12.1 Å². The number of carbonyl (C=O) groups excluding carboxylic acids is 3. The van der Waals surface area contributed by atoms with Crippen LogP contribution in [0.4, 0.5) is 10.5 Å². The average molecular weight is 406 g/mol. The van der Waals surface area contributed by atoms with Crippen LogP contribution >= 0.6 is 0 Å². The summed E-state index contributed by atoms with van der Waals surface area (Å²) in [4.78, 5) is 43.1. The van der Waals surface area contributed by atoms with Crippen molar-refractivity contribution >= 4 is 23.5 Å². The topological polar surface area (TPSA) is 73.0 Å². The van der Waals surface area contributed by atoms with Crippen LogP contribution in [0.1, 0.15) is 23.1 Å². The number of carbonyl (C=O) groups is 3. The Hall–Kier alpha value is -3.35. The second kappa shape index (κ2) is 7.48. The van der Waals surface area contributed by atoms with Crippen molar-refractivity contribution in [1.82, 2.24) is 15.1 Å². The maximum Gasteiger partial charge on any atom is 0.325 e. The van der Waals surface area contributed by atoms with E-state index in [2.05, 4.69) is 5.32 Å². The van der Waals surface area contributed by atoms with E-state index in [1.54, 1.807) is 11.9 Å². The Bertz CT molecular complexity index is 1000. The first-order valence-corrected chi connectivity index (χ1v) is 10.0. The number of aryl methyl sites for hydroxylation is 1. The summed E-state index contributed by atoms with van der Waals surface area (Å²) in [6, 6.07) is 15.1. The number of amides is 4. The lowest BCUT2D eigenvalue weighted by Crippen LogP contribution is -2.44. The molecule has 0 bridgehead atoms. The van der Waals surface area contributed by atoms with Gasteiger partial charge in [-0.05, 0) is 41.7 Å². The molecule has 1 fully saturated rings. The fourth-order valence-electron chi connectivity index (χ4n) is 4.25. The summed E-state index contributed by atoms with van der Waals surface area (Å²) in [5.41, 5.74) is 2.93. The van der Waals surface area contributed by atoms with Gasteiger partial charge in [0.25, 0.3) is 5.91 Å². The predicted octanol–water partition coefficient (Wildman–Crippen LogP) is 2.10. The van der Waals surface area contributed by atoms with Gasteiger partial charge in [-0.3, -0.25) is 14.5 Å². The van der Waals surface area contributed by atoms with Gasteiger partial charge in [-0.2, -0.15) is 0 Å². The molecule has 4 amide bonds. The quantitative estimate of drug-likeness (QED) is 0.772. The third-order valence-corrected chi connectivity index (χ3v) is 6.01. The highest BCUT2D eigenvalue weighted by molar-refractivity contribution is 6.09. The number of fused-ring (bicyclic) bond motifs is 2. The van der Waals surface area contributed by atoms with E-state index in [1.165, 1.54) is 0 Å². The molecule has 1 atom stereocenters. The number of nitrogens with zero attached hydrogens (tertiary/aromatic N) is 3. The Morgan fingerprint density at radius 2 is 1.77 bits per heavy atom. The summed E-state index contributed by atoms with van der Waals surface area (Å²) in [6.45, 7) is 0.144. The molecule has 2 aromatic rings. The Balaban J connectivity index is 1.44. The van der Waals surface area contributed by atoms with Crippen molar-refractivity contribution in [3.63, 3.8) is 0 Å². The van der Waals surface area contributed by atoms with Crippen LogP contribution in [0.3, 0.4) is 0 Å². The molecule has 0 radical (unpaired) electrons. The zero-order valence-corrected chi connectivity index (χ0v) is 17.5. The zero-order valence-electron chi connectivity index (χ0n) is 17.5. The number of likely N-dealkylation sites (N-methyl/N-ethyl adjacent to an activating group) is 1. The van der Waals surface area contributed by atoms with Crippen molar-refractivity contribution in [2.45, 2.75) is 24.9 Å². The van der Waals surface area contributed by atoms with Crippen molar-refractivity contribution in [3.8, 4) is 0 Å². The fourth-order valence-corrected chi connectivity index (χ4v) is 4.25. The molecule has 0 unspecified atom stereocenters. The second-order valence-electron chi connectivity index (χ2n) is 8.19. The standard InChI is InChI=1S/C23H26N4O3/c1-25(2)18-10-8-16(9-11-18)14-26(3)20(28)15-27-21(29)23(24-22(27)30)13-12-17-6-4-5-7-19(17)23/h4-11H,12-15H2,1-3H3,(H,24,30)/t23-/m0/s1. The van der Waals surface area contributed by atoms with Crippen LogP contribution in [0, 0.1) is 0 Å². The average Bonchev–Trinajstić information content (AvgIpc) is 3.21. The molecule has 1 heterocycles. The van der Waals surface area contributed by atoms with Gasteiger partial charge in [0.05, 0.1) is 0 Å². The number of nitrogens with one attached hydrogen (secondary N) is 1. The van der Waals surface area contributed by atoms with Crippen molar-refractivity contribution in [2.75, 3.05) is 32.6 Å². The van der Waals surface area contributed by atoms with E-state index in [9.17, 15) is 14.4 Å². The van der Waals surface area contributed by atoms with Crippen molar-refractivity contribution in [1.29, 1.82) is 0 Å². The number of benzene rings is 2. The van der Waals surface area contributed by atoms with Gasteiger partial charge < -0.3 is 15.1 Å². The molecule has 2 aromatic carbocycles. The highest BCUT2D eigenvalue weighted by atomic mass is 16.2. The Labute approximate surface area is 176 Å². The van der Waals surface area contributed by atoms with Crippen LogP contribution in [-0.4, -0.2) is 55.3 Å². The third-order valence-electron chi connectivity index (χ3n) is 6.01. The number of anilines is 1. The summed E-state index contributed by atoms with van der Waals surface area (Å²) in [5, 5.41) is 2.86. The fraction of sp³-hybridized carbons (Fsp3) is 0.348. The van der Waals surface area contributed by atoms with E-state index in [0.717, 1.165) is 33.7 Å². The molecule has 0 saturated carbocycles. The molecular formula is C23H26N4O3. The second-order valence-corrected chi connectivity index (χ2v) is 8.19. The minimum Gasteiger partial charge on any atom is -0.378 e. The molecule has 1 aliphatic heterocycles. The molecule has 7 heteroatoms. The maximum absolute atomic E-state index is 13.2. The van der Waals surface area contributed by atoms with Crippen LogP contribution < -0.4 is 10.2 Å². The molecule has 7 nitrogen and oxygen atoms in total. The van der Waals surface area contributed by atoms with Gasteiger partial charge in [-0.1, -0.05) is 36.4 Å². The molecule has 1 saturated heterocycles. The lowest BCUT2D eigenvalue weighted by molar-refractivity contribution is -0.138. The van der Waals surface area contributed by atoms with E-state index in [1.807, 2.05) is 67.5 Å². The third kappa shape index (κ3) is 3.30. The highest BCUT2D eigenvalue weighted by Crippen LogP contribution is 2.41. The Morgan fingerprint density at radius 1 is 1.07 bits per heavy atom. The lowest BCUT2D eigenvalue weighted by Gasteiger charge is -2.23. The predicted molar refractivity (Wildman–Crippen MR) is 114 cm³/mol. The maximum atomic E-state index is 13.2. The largest absolute Gasteiger partial charge is 0.378 e. The van der Waals surface area contributed by atoms with Crippen LogP contribution in [-0.2, 0) is 28.1 Å². The van der Waals surface area contributed by atoms with Gasteiger partial charge in [-0.25, -0.2) is 4.79 Å². The summed E-state index contributed by atoms with van der Waals surface area (Å²) in [6.07, 6.45) is 1.25.